The van der Waals surface area contributed by atoms with Crippen molar-refractivity contribution in [3.63, 3.8) is 0 Å². The maximum atomic E-state index is 12.9. The lowest BCUT2D eigenvalue weighted by molar-refractivity contribution is -0.130. The topological polar surface area (TPSA) is 96.8 Å². The summed E-state index contributed by atoms with van der Waals surface area (Å²) >= 11 is 0. The van der Waals surface area contributed by atoms with Crippen LogP contribution in [0.4, 0.5) is 0 Å². The summed E-state index contributed by atoms with van der Waals surface area (Å²) in [6.45, 7) is 0.102. The first-order chi connectivity index (χ1) is 12.7. The summed E-state index contributed by atoms with van der Waals surface area (Å²) in [4.78, 5) is 31.0. The van der Waals surface area contributed by atoms with Crippen molar-refractivity contribution in [3.05, 3.63) is 89.7 Å². The molecule has 130 valence electrons. The van der Waals surface area contributed by atoms with Crippen LogP contribution >= 0.6 is 0 Å². The molecule has 3 aromatic heterocycles. The third kappa shape index (κ3) is 2.59. The van der Waals surface area contributed by atoms with Crippen molar-refractivity contribution in [1.82, 2.24) is 9.88 Å². The first kappa shape index (κ1) is 15.9. The molecule has 3 aromatic rings. The molecule has 1 aliphatic rings. The Bertz CT molecular complexity index is 959. The number of aromatic nitrogens is 1. The van der Waals surface area contributed by atoms with Crippen molar-refractivity contribution >= 4 is 11.7 Å². The van der Waals surface area contributed by atoms with E-state index >= 15 is 0 Å². The van der Waals surface area contributed by atoms with Gasteiger partial charge in [0.1, 0.15) is 5.76 Å². The Morgan fingerprint density at radius 3 is 2.62 bits per heavy atom. The number of pyridine rings is 1. The molecule has 4 heterocycles. The van der Waals surface area contributed by atoms with Crippen LogP contribution in [0.3, 0.4) is 0 Å². The van der Waals surface area contributed by atoms with Gasteiger partial charge in [0.25, 0.3) is 5.91 Å². The fraction of sp³-hybridized carbons (Fsp3) is 0.105. The number of hydrogen-bond acceptors (Lipinski definition) is 6. The van der Waals surface area contributed by atoms with Gasteiger partial charge < -0.3 is 18.8 Å². The lowest BCUT2D eigenvalue weighted by atomic mass is 9.96. The van der Waals surface area contributed by atoms with E-state index in [1.807, 2.05) is 0 Å². The molecule has 4 rings (SSSR count). The van der Waals surface area contributed by atoms with Crippen LogP contribution in [0.25, 0.3) is 0 Å². The van der Waals surface area contributed by atoms with Gasteiger partial charge in [-0.1, -0.05) is 6.07 Å². The van der Waals surface area contributed by atoms with Gasteiger partial charge in [0, 0.05) is 12.4 Å². The van der Waals surface area contributed by atoms with Gasteiger partial charge in [0.15, 0.2) is 11.5 Å². The molecule has 1 unspecified atom stereocenters. The second kappa shape index (κ2) is 6.36. The lowest BCUT2D eigenvalue weighted by Crippen LogP contribution is -2.30. The molecular weight excluding hydrogens is 336 g/mol. The normalized spacial score (nSPS) is 17.2. The average molecular weight is 350 g/mol. The van der Waals surface area contributed by atoms with Crippen molar-refractivity contribution in [3.8, 4) is 0 Å². The van der Waals surface area contributed by atoms with Gasteiger partial charge in [-0.15, -0.1) is 0 Å². The van der Waals surface area contributed by atoms with E-state index < -0.39 is 23.5 Å². The monoisotopic (exact) mass is 350 g/mol. The molecule has 0 fully saturated rings. The number of ketones is 1. The molecule has 7 nitrogen and oxygen atoms in total. The third-order valence-electron chi connectivity index (χ3n) is 4.20. The van der Waals surface area contributed by atoms with Gasteiger partial charge in [-0.2, -0.15) is 0 Å². The molecule has 0 saturated carbocycles. The zero-order valence-corrected chi connectivity index (χ0v) is 13.5. The van der Waals surface area contributed by atoms with E-state index in [0.717, 1.165) is 0 Å². The number of Topliss-reactive ketones (excluding diaryl/α,β-unsaturated/α-hetero) is 1. The van der Waals surface area contributed by atoms with Crippen molar-refractivity contribution in [2.45, 2.75) is 12.6 Å². The highest BCUT2D eigenvalue weighted by Gasteiger charge is 2.44. The SMILES string of the molecule is O=C(C1=C(O)C(=O)N(Cc2ccco2)C1c1cccnc1)c1ccco1. The van der Waals surface area contributed by atoms with Crippen LogP contribution in [0.2, 0.25) is 0 Å². The first-order valence-corrected chi connectivity index (χ1v) is 7.91. The van der Waals surface area contributed by atoms with Crippen LogP contribution in [-0.2, 0) is 11.3 Å². The molecule has 1 aliphatic heterocycles. The number of hydrogen-bond donors (Lipinski definition) is 1. The predicted octanol–water partition coefficient (Wildman–Crippen LogP) is 3.05. The Balaban J connectivity index is 1.80. The third-order valence-corrected chi connectivity index (χ3v) is 4.20. The second-order valence-electron chi connectivity index (χ2n) is 5.77. The summed E-state index contributed by atoms with van der Waals surface area (Å²) in [5.74, 6) is -1.20. The zero-order valence-electron chi connectivity index (χ0n) is 13.5. The maximum Gasteiger partial charge on any atom is 0.290 e. The number of furan rings is 2. The Morgan fingerprint density at radius 1 is 1.15 bits per heavy atom. The minimum absolute atomic E-state index is 0.0375. The Labute approximate surface area is 148 Å². The van der Waals surface area contributed by atoms with Crippen LogP contribution in [0.1, 0.15) is 27.9 Å². The minimum atomic E-state index is -0.793. The average Bonchev–Trinajstić information content (AvgIpc) is 3.40. The molecule has 0 aromatic carbocycles. The summed E-state index contributed by atoms with van der Waals surface area (Å²) in [6.07, 6.45) is 6.01. The van der Waals surface area contributed by atoms with Crippen LogP contribution in [-0.4, -0.2) is 26.7 Å². The highest BCUT2D eigenvalue weighted by Crippen LogP contribution is 2.39. The molecule has 1 amide bonds. The van der Waals surface area contributed by atoms with Crippen LogP contribution in [0.15, 0.2) is 81.5 Å². The molecule has 0 bridgehead atoms. The standard InChI is InChI=1S/C19H14N2O5/c22-17(14-6-3-9-26-14)15-16(12-4-1-7-20-10-12)21(19(24)18(15)23)11-13-5-2-8-25-13/h1-10,16,23H,11H2. The Hall–Kier alpha value is -3.61. The van der Waals surface area contributed by atoms with Crippen molar-refractivity contribution < 1.29 is 23.5 Å². The summed E-state index contributed by atoms with van der Waals surface area (Å²) in [7, 11) is 0. The maximum absolute atomic E-state index is 12.9. The highest BCUT2D eigenvalue weighted by molar-refractivity contribution is 6.14. The van der Waals surface area contributed by atoms with Gasteiger partial charge in [-0.3, -0.25) is 14.6 Å². The fourth-order valence-electron chi connectivity index (χ4n) is 3.04. The van der Waals surface area contributed by atoms with Crippen LogP contribution in [0, 0.1) is 0 Å². The smallest absolute Gasteiger partial charge is 0.290 e. The molecule has 1 atom stereocenters. The molecule has 0 saturated heterocycles. The van der Waals surface area contributed by atoms with E-state index in [9.17, 15) is 14.7 Å². The molecule has 1 N–H and O–H groups in total. The van der Waals surface area contributed by atoms with Crippen LogP contribution < -0.4 is 0 Å². The number of carbonyl (C=O) groups is 2. The summed E-state index contributed by atoms with van der Waals surface area (Å²) < 4.78 is 10.5. The van der Waals surface area contributed by atoms with Gasteiger partial charge in [0.05, 0.1) is 30.7 Å². The lowest BCUT2D eigenvalue weighted by Gasteiger charge is -2.25. The molecule has 0 radical (unpaired) electrons. The van der Waals surface area contributed by atoms with Crippen molar-refractivity contribution in [1.29, 1.82) is 0 Å². The first-order valence-electron chi connectivity index (χ1n) is 7.91. The van der Waals surface area contributed by atoms with Gasteiger partial charge >= 0.3 is 0 Å². The predicted molar refractivity (Wildman–Crippen MR) is 88.9 cm³/mol. The molecular formula is C19H14N2O5. The molecule has 0 spiro atoms. The summed E-state index contributed by atoms with van der Waals surface area (Å²) in [5.41, 5.74) is 0.566. The number of carbonyl (C=O) groups excluding carboxylic acids is 2. The largest absolute Gasteiger partial charge is 0.503 e. The molecule has 26 heavy (non-hydrogen) atoms. The van der Waals surface area contributed by atoms with E-state index in [2.05, 4.69) is 4.98 Å². The molecule has 7 heteroatoms. The number of aliphatic hydroxyl groups excluding tert-OH is 1. The number of nitrogens with zero attached hydrogens (tertiary/aromatic N) is 2. The Morgan fingerprint density at radius 2 is 1.96 bits per heavy atom. The van der Waals surface area contributed by atoms with E-state index in [0.29, 0.717) is 11.3 Å². The van der Waals surface area contributed by atoms with E-state index in [-0.39, 0.29) is 17.9 Å². The van der Waals surface area contributed by atoms with Crippen LogP contribution in [0.5, 0.6) is 0 Å². The van der Waals surface area contributed by atoms with Gasteiger partial charge in [-0.05, 0) is 35.9 Å². The van der Waals surface area contributed by atoms with Gasteiger partial charge in [0.2, 0.25) is 5.78 Å². The fourth-order valence-corrected chi connectivity index (χ4v) is 3.04. The van der Waals surface area contributed by atoms with E-state index in [1.54, 1.807) is 42.7 Å². The van der Waals surface area contributed by atoms with Crippen molar-refractivity contribution in [2.24, 2.45) is 0 Å². The summed E-state index contributed by atoms with van der Waals surface area (Å²) in [5, 5.41) is 10.4. The zero-order chi connectivity index (χ0) is 18.1. The van der Waals surface area contributed by atoms with Gasteiger partial charge in [-0.25, -0.2) is 0 Å². The second-order valence-corrected chi connectivity index (χ2v) is 5.77. The number of aliphatic hydroxyl groups is 1. The van der Waals surface area contributed by atoms with E-state index in [1.165, 1.54) is 23.5 Å². The summed E-state index contributed by atoms with van der Waals surface area (Å²) in [6, 6.07) is 9.14. The number of amides is 1. The highest BCUT2D eigenvalue weighted by atomic mass is 16.3. The molecule has 0 aliphatic carbocycles. The van der Waals surface area contributed by atoms with E-state index in [4.69, 9.17) is 8.83 Å². The van der Waals surface area contributed by atoms with Crippen molar-refractivity contribution in [2.75, 3.05) is 0 Å². The minimum Gasteiger partial charge on any atom is -0.503 e. The number of rotatable bonds is 5. The quantitative estimate of drug-likeness (QED) is 0.711. The Kier molecular flexibility index (Phi) is 3.89.